The van der Waals surface area contributed by atoms with Crippen molar-refractivity contribution in [2.75, 3.05) is 13.2 Å². The number of aromatic nitrogens is 2. The molecule has 1 aromatic rings. The van der Waals surface area contributed by atoms with Crippen molar-refractivity contribution in [1.82, 2.24) is 9.97 Å². The van der Waals surface area contributed by atoms with E-state index in [4.69, 9.17) is 10.9 Å². The van der Waals surface area contributed by atoms with E-state index in [2.05, 4.69) is 15.1 Å². The van der Waals surface area contributed by atoms with Crippen LogP contribution in [0.4, 0.5) is 5.69 Å². The van der Waals surface area contributed by atoms with E-state index in [9.17, 15) is 20.0 Å². The maximum absolute atomic E-state index is 12.1. The molecule has 1 aliphatic rings. The van der Waals surface area contributed by atoms with Crippen molar-refractivity contribution in [2.45, 2.75) is 72.5 Å². The monoisotopic (exact) mass is 441 g/mol. The third-order valence-corrected chi connectivity index (χ3v) is 5.51. The Bertz CT molecular complexity index is 815. The standard InChI is InChI=1S/C21H33N3O7/c1-12-16(24(28)29)19(23-13(2)22-12)31-18-15(8-10-30-20(27)21(3,4)5)11-14(17(18)26)7-6-9-25/h14-15,17-18,25-26H,6-11H2,1-5H3/t14-,15-,17-,18+/m0/s1/i25T. The Morgan fingerprint density at radius 1 is 1.29 bits per heavy atom. The third-order valence-electron chi connectivity index (χ3n) is 5.51. The lowest BCUT2D eigenvalue weighted by Gasteiger charge is -2.24. The molecule has 1 aromatic heterocycles. The Labute approximate surface area is 183 Å². The quantitative estimate of drug-likeness (QED) is 0.242. The maximum atomic E-state index is 12.1. The summed E-state index contributed by atoms with van der Waals surface area (Å²) in [6, 6.07) is 0. The summed E-state index contributed by atoms with van der Waals surface area (Å²) in [6.07, 6.45) is 0.592. The SMILES string of the molecule is [3H]OCCC[C@H]1C[C@H](CCOC(=O)C(C)(C)C)[C@@H](Oc2nc(C)nc(C)c2[N+](=O)[O-])[C@H]1O. The van der Waals surface area contributed by atoms with E-state index in [1.807, 2.05) is 0 Å². The van der Waals surface area contributed by atoms with E-state index >= 15 is 0 Å². The molecule has 0 aromatic carbocycles. The van der Waals surface area contributed by atoms with Gasteiger partial charge >= 0.3 is 11.7 Å². The first kappa shape index (κ1) is 23.3. The Balaban J connectivity index is 2.21. The molecular formula is C21H33N3O7. The smallest absolute Gasteiger partial charge is 0.351 e. The molecule has 2 rings (SSSR count). The molecule has 10 nitrogen and oxygen atoms in total. The minimum absolute atomic E-state index is 0.137. The summed E-state index contributed by atoms with van der Waals surface area (Å²) in [6.45, 7) is 8.83. The molecule has 0 aliphatic heterocycles. The van der Waals surface area contributed by atoms with Crippen LogP contribution in [0.25, 0.3) is 0 Å². The van der Waals surface area contributed by atoms with Crippen LogP contribution in [0, 0.1) is 41.2 Å². The largest absolute Gasteiger partial charge is 0.466 e. The lowest BCUT2D eigenvalue weighted by molar-refractivity contribution is -0.387. The highest BCUT2D eigenvalue weighted by Gasteiger charge is 2.45. The van der Waals surface area contributed by atoms with Gasteiger partial charge in [0.15, 0.2) is 0 Å². The number of carbonyl (C=O) groups is 1. The highest BCUT2D eigenvalue weighted by molar-refractivity contribution is 5.75. The molecule has 174 valence electrons. The number of nitro groups is 1. The zero-order valence-corrected chi connectivity index (χ0v) is 18.8. The molecule has 1 saturated carbocycles. The minimum atomic E-state index is -0.890. The van der Waals surface area contributed by atoms with Crippen molar-refractivity contribution in [3.05, 3.63) is 21.6 Å². The second-order valence-corrected chi connectivity index (χ2v) is 9.12. The first-order chi connectivity index (χ1) is 15.0. The van der Waals surface area contributed by atoms with E-state index in [-0.39, 0.29) is 48.3 Å². The van der Waals surface area contributed by atoms with Crippen LogP contribution in [0.2, 0.25) is 0 Å². The zero-order valence-electron chi connectivity index (χ0n) is 19.8. The fourth-order valence-corrected chi connectivity index (χ4v) is 3.91. The average molecular weight is 442 g/mol. The third kappa shape index (κ3) is 6.33. The van der Waals surface area contributed by atoms with E-state index < -0.39 is 22.5 Å². The highest BCUT2D eigenvalue weighted by atomic mass is 16.6. The van der Waals surface area contributed by atoms with Crippen LogP contribution in [0.15, 0.2) is 0 Å². The van der Waals surface area contributed by atoms with Crippen molar-refractivity contribution >= 4 is 11.7 Å². The van der Waals surface area contributed by atoms with Crippen molar-refractivity contribution in [2.24, 2.45) is 17.3 Å². The van der Waals surface area contributed by atoms with Gasteiger partial charge in [0.2, 0.25) is 1.43 Å². The summed E-state index contributed by atoms with van der Waals surface area (Å²) in [5, 5.41) is 26.9. The highest BCUT2D eigenvalue weighted by Crippen LogP contribution is 2.40. The first-order valence-corrected chi connectivity index (χ1v) is 10.5. The summed E-state index contributed by atoms with van der Waals surface area (Å²) in [5.41, 5.74) is -0.767. The number of aliphatic hydroxyl groups is 2. The second kappa shape index (κ2) is 10.3. The summed E-state index contributed by atoms with van der Waals surface area (Å²) in [5.74, 6) is -0.502. The number of aryl methyl sites for hydroxylation is 2. The molecule has 1 heterocycles. The van der Waals surface area contributed by atoms with Gasteiger partial charge in [0.05, 0.1) is 23.0 Å². The van der Waals surface area contributed by atoms with Gasteiger partial charge < -0.3 is 19.7 Å². The number of rotatable bonds is 10. The first-order valence-electron chi connectivity index (χ1n) is 11.0. The van der Waals surface area contributed by atoms with E-state index in [0.717, 1.165) is 0 Å². The van der Waals surface area contributed by atoms with Crippen LogP contribution in [-0.2, 0) is 9.53 Å². The van der Waals surface area contributed by atoms with Gasteiger partial charge in [-0.25, -0.2) is 4.98 Å². The number of carbonyl (C=O) groups excluding carboxylic acids is 1. The molecule has 10 heteroatoms. The lowest BCUT2D eigenvalue weighted by Crippen LogP contribution is -2.35. The summed E-state index contributed by atoms with van der Waals surface area (Å²) < 4.78 is 18.2. The minimum Gasteiger partial charge on any atom is -0.466 e. The van der Waals surface area contributed by atoms with E-state index in [0.29, 0.717) is 31.5 Å². The molecule has 0 spiro atoms. The van der Waals surface area contributed by atoms with Crippen LogP contribution >= 0.6 is 0 Å². The van der Waals surface area contributed by atoms with E-state index in [1.54, 1.807) is 27.7 Å². The van der Waals surface area contributed by atoms with Gasteiger partial charge in [-0.15, -0.1) is 0 Å². The van der Waals surface area contributed by atoms with Crippen LogP contribution in [0.5, 0.6) is 5.88 Å². The molecule has 0 bridgehead atoms. The van der Waals surface area contributed by atoms with Crippen molar-refractivity contribution in [3.63, 3.8) is 0 Å². The van der Waals surface area contributed by atoms with Crippen molar-refractivity contribution in [1.29, 1.82) is 1.43 Å². The molecule has 2 N–H and O–H groups in total. The number of nitrogens with zero attached hydrogens (tertiary/aromatic N) is 3. The lowest BCUT2D eigenvalue weighted by atomic mass is 9.97. The Morgan fingerprint density at radius 3 is 2.61 bits per heavy atom. The number of hydrogen-bond acceptors (Lipinski definition) is 9. The summed E-state index contributed by atoms with van der Waals surface area (Å²) in [7, 11) is 0. The molecule has 1 fully saturated rings. The zero-order chi connectivity index (χ0) is 24.1. The number of ether oxygens (including phenoxy) is 2. The summed E-state index contributed by atoms with van der Waals surface area (Å²) in [4.78, 5) is 31.2. The normalized spacial score (nSPS) is 24.0. The number of hydrogen-bond donors (Lipinski definition) is 2. The van der Waals surface area contributed by atoms with Crippen LogP contribution in [-0.4, -0.2) is 57.9 Å². The fraction of sp³-hybridized carbons (Fsp3) is 0.762. The van der Waals surface area contributed by atoms with Crippen molar-refractivity contribution < 1.29 is 29.4 Å². The van der Waals surface area contributed by atoms with Gasteiger partial charge in [0.1, 0.15) is 17.6 Å². The van der Waals surface area contributed by atoms with Gasteiger partial charge in [0.25, 0.3) is 5.88 Å². The molecule has 0 saturated heterocycles. The molecule has 0 amide bonds. The topological polar surface area (TPSA) is 145 Å². The van der Waals surface area contributed by atoms with Crippen LogP contribution in [0.3, 0.4) is 0 Å². The van der Waals surface area contributed by atoms with Gasteiger partial charge in [-0.3, -0.25) is 14.9 Å². The molecule has 31 heavy (non-hydrogen) atoms. The molecular weight excluding hydrogens is 406 g/mol. The van der Waals surface area contributed by atoms with Gasteiger partial charge in [-0.05, 0) is 66.2 Å². The second-order valence-electron chi connectivity index (χ2n) is 9.12. The predicted octanol–water partition coefficient (Wildman–Crippen LogP) is 2.50. The van der Waals surface area contributed by atoms with Gasteiger partial charge in [-0.1, -0.05) is 0 Å². The average Bonchev–Trinajstić information content (AvgIpc) is 2.95. The van der Waals surface area contributed by atoms with Gasteiger partial charge in [0, 0.05) is 12.5 Å². The summed E-state index contributed by atoms with van der Waals surface area (Å²) >= 11 is 0. The Hall–Kier alpha value is -2.33. The van der Waals surface area contributed by atoms with E-state index in [1.165, 1.54) is 6.92 Å². The molecule has 1 aliphatic carbocycles. The Morgan fingerprint density at radius 2 is 2.00 bits per heavy atom. The molecule has 4 atom stereocenters. The Kier molecular flexibility index (Phi) is 7.77. The fourth-order valence-electron chi connectivity index (χ4n) is 3.91. The maximum Gasteiger partial charge on any atom is 0.351 e. The van der Waals surface area contributed by atoms with Crippen molar-refractivity contribution in [3.8, 4) is 5.88 Å². The number of aliphatic hydroxyl groups excluding tert-OH is 2. The predicted molar refractivity (Wildman–Crippen MR) is 112 cm³/mol. The van der Waals surface area contributed by atoms with Crippen LogP contribution in [0.1, 0.15) is 58.0 Å². The molecule has 0 unspecified atom stereocenters. The number of esters is 1. The molecule has 0 radical (unpaired) electrons. The van der Waals surface area contributed by atoms with Gasteiger partial charge in [-0.2, -0.15) is 4.98 Å². The van der Waals surface area contributed by atoms with Crippen LogP contribution < -0.4 is 4.74 Å².